The second-order valence-corrected chi connectivity index (χ2v) is 6.78. The highest BCUT2D eigenvalue weighted by molar-refractivity contribution is 5.75. The molecule has 2 aliphatic rings. The van der Waals surface area contributed by atoms with E-state index in [9.17, 15) is 14.7 Å². The smallest absolute Gasteiger partial charge is 0.331 e. The molecule has 2 saturated heterocycles. The number of nitrogens with one attached hydrogen (secondary N) is 1. The fourth-order valence-corrected chi connectivity index (χ4v) is 3.14. The number of rotatable bonds is 3. The fraction of sp³-hybridized carbons (Fsp3) is 0.867. The van der Waals surface area contributed by atoms with E-state index in [1.54, 1.807) is 18.7 Å². The summed E-state index contributed by atoms with van der Waals surface area (Å²) in [6.07, 6.45) is 5.20. The molecule has 0 aliphatic carbocycles. The number of hydrazine groups is 1. The van der Waals surface area contributed by atoms with Crippen molar-refractivity contribution in [1.82, 2.24) is 15.3 Å². The van der Waals surface area contributed by atoms with Gasteiger partial charge in [-0.1, -0.05) is 6.42 Å². The molecule has 120 valence electrons. The second kappa shape index (κ2) is 6.64. The van der Waals surface area contributed by atoms with Crippen molar-refractivity contribution in [2.45, 2.75) is 46.0 Å². The maximum atomic E-state index is 12.3. The Morgan fingerprint density at radius 1 is 1.10 bits per heavy atom. The summed E-state index contributed by atoms with van der Waals surface area (Å²) < 4.78 is 0. The predicted molar refractivity (Wildman–Crippen MR) is 79.7 cm³/mol. The van der Waals surface area contributed by atoms with Crippen molar-refractivity contribution in [1.29, 1.82) is 0 Å². The third-order valence-corrected chi connectivity index (χ3v) is 4.89. The van der Waals surface area contributed by atoms with Gasteiger partial charge in [-0.05, 0) is 45.4 Å². The molecule has 21 heavy (non-hydrogen) atoms. The van der Waals surface area contributed by atoms with Crippen LogP contribution < -0.4 is 5.43 Å². The lowest BCUT2D eigenvalue weighted by molar-refractivity contribution is -0.151. The van der Waals surface area contributed by atoms with E-state index in [0.29, 0.717) is 13.1 Å². The molecular weight excluding hydrogens is 270 g/mol. The van der Waals surface area contributed by atoms with Gasteiger partial charge < -0.3 is 10.0 Å². The van der Waals surface area contributed by atoms with Crippen LogP contribution in [0.5, 0.6) is 0 Å². The first-order chi connectivity index (χ1) is 9.91. The number of hydrogen-bond acceptors (Lipinski definition) is 3. The Balaban J connectivity index is 1.90. The van der Waals surface area contributed by atoms with Gasteiger partial charge in [0.2, 0.25) is 0 Å². The van der Waals surface area contributed by atoms with Crippen LogP contribution in [0.15, 0.2) is 0 Å². The molecule has 0 saturated carbocycles. The number of amides is 2. The molecule has 6 nitrogen and oxygen atoms in total. The summed E-state index contributed by atoms with van der Waals surface area (Å²) in [5.74, 6) is -0.776. The van der Waals surface area contributed by atoms with Gasteiger partial charge >= 0.3 is 12.0 Å². The van der Waals surface area contributed by atoms with E-state index < -0.39 is 11.4 Å². The molecule has 2 amide bonds. The van der Waals surface area contributed by atoms with Gasteiger partial charge in [-0.25, -0.2) is 9.80 Å². The molecule has 1 unspecified atom stereocenters. The molecule has 2 rings (SSSR count). The molecular formula is C15H27N3O3. The van der Waals surface area contributed by atoms with Crippen LogP contribution in [0.3, 0.4) is 0 Å². The number of carbonyl (C=O) groups is 2. The molecule has 2 fully saturated rings. The molecule has 2 N–H and O–H groups in total. The lowest BCUT2D eigenvalue weighted by Crippen LogP contribution is -2.54. The highest BCUT2D eigenvalue weighted by atomic mass is 16.4. The van der Waals surface area contributed by atoms with E-state index >= 15 is 0 Å². The minimum absolute atomic E-state index is 0.0101. The first-order valence-corrected chi connectivity index (χ1v) is 7.95. The van der Waals surface area contributed by atoms with Gasteiger partial charge in [0.1, 0.15) is 0 Å². The molecule has 0 aromatic carbocycles. The lowest BCUT2D eigenvalue weighted by atomic mass is 9.74. The maximum Gasteiger partial charge on any atom is 0.331 e. The van der Waals surface area contributed by atoms with Crippen LogP contribution in [0.25, 0.3) is 0 Å². The summed E-state index contributed by atoms with van der Waals surface area (Å²) in [4.78, 5) is 25.5. The highest BCUT2D eigenvalue weighted by Crippen LogP contribution is 2.34. The van der Waals surface area contributed by atoms with Crippen molar-refractivity contribution in [3.8, 4) is 0 Å². The van der Waals surface area contributed by atoms with Crippen molar-refractivity contribution >= 4 is 12.0 Å². The van der Waals surface area contributed by atoms with Gasteiger partial charge in [0.25, 0.3) is 0 Å². The van der Waals surface area contributed by atoms with Crippen LogP contribution in [0.4, 0.5) is 4.79 Å². The zero-order chi connectivity index (χ0) is 15.5. The predicted octanol–water partition coefficient (Wildman–Crippen LogP) is 1.92. The SMILES string of the molecule is CC(C)(C(=O)O)C1CCCN(C(=O)NN2CCCCC2)C1. The van der Waals surface area contributed by atoms with Crippen LogP contribution >= 0.6 is 0 Å². The third-order valence-electron chi connectivity index (χ3n) is 4.89. The Morgan fingerprint density at radius 3 is 2.38 bits per heavy atom. The van der Waals surface area contributed by atoms with Crippen LogP contribution in [-0.2, 0) is 4.79 Å². The summed E-state index contributed by atoms with van der Waals surface area (Å²) >= 11 is 0. The molecule has 0 spiro atoms. The summed E-state index contributed by atoms with van der Waals surface area (Å²) in [5, 5.41) is 11.3. The molecule has 2 heterocycles. The van der Waals surface area contributed by atoms with Gasteiger partial charge in [0, 0.05) is 26.2 Å². The van der Waals surface area contributed by atoms with Gasteiger partial charge in [0.05, 0.1) is 5.41 Å². The molecule has 6 heteroatoms. The number of piperidine rings is 2. The minimum Gasteiger partial charge on any atom is -0.481 e. The molecule has 0 aromatic heterocycles. The van der Waals surface area contributed by atoms with Crippen LogP contribution in [0.1, 0.15) is 46.0 Å². The second-order valence-electron chi connectivity index (χ2n) is 6.78. The monoisotopic (exact) mass is 297 g/mol. The standard InChI is InChI=1S/C15H27N3O3/c1-15(2,13(19)20)12-7-6-8-17(11-12)14(21)16-18-9-4-3-5-10-18/h12H,3-11H2,1-2H3,(H,16,21)(H,19,20). The average Bonchev–Trinajstić information content (AvgIpc) is 2.48. The number of hydrogen-bond donors (Lipinski definition) is 2. The van der Waals surface area contributed by atoms with Gasteiger partial charge in [-0.3, -0.25) is 10.2 Å². The summed E-state index contributed by atoms with van der Waals surface area (Å²) in [5.41, 5.74) is 2.18. The number of carbonyl (C=O) groups excluding carboxylic acids is 1. The van der Waals surface area contributed by atoms with E-state index in [1.807, 2.05) is 5.01 Å². The van der Waals surface area contributed by atoms with Crippen molar-refractivity contribution in [2.75, 3.05) is 26.2 Å². The Bertz CT molecular complexity index is 392. The third kappa shape index (κ3) is 3.87. The van der Waals surface area contributed by atoms with Crippen molar-refractivity contribution in [2.24, 2.45) is 11.3 Å². The maximum absolute atomic E-state index is 12.3. The molecule has 0 bridgehead atoms. The number of aliphatic carboxylic acids is 1. The zero-order valence-electron chi connectivity index (χ0n) is 13.1. The first-order valence-electron chi connectivity index (χ1n) is 7.95. The number of likely N-dealkylation sites (tertiary alicyclic amines) is 1. The van der Waals surface area contributed by atoms with Gasteiger partial charge in [-0.2, -0.15) is 0 Å². The van der Waals surface area contributed by atoms with Gasteiger partial charge in [-0.15, -0.1) is 0 Å². The molecule has 2 aliphatic heterocycles. The Kier molecular flexibility index (Phi) is 5.08. The van der Waals surface area contributed by atoms with E-state index in [1.165, 1.54) is 6.42 Å². The van der Waals surface area contributed by atoms with Crippen LogP contribution in [0, 0.1) is 11.3 Å². The Morgan fingerprint density at radius 2 is 1.76 bits per heavy atom. The molecule has 0 aromatic rings. The van der Waals surface area contributed by atoms with E-state index in [0.717, 1.165) is 38.8 Å². The summed E-state index contributed by atoms with van der Waals surface area (Å²) in [6.45, 7) is 6.57. The highest BCUT2D eigenvalue weighted by Gasteiger charge is 2.40. The number of carboxylic acids is 1. The Hall–Kier alpha value is -1.30. The number of nitrogens with zero attached hydrogens (tertiary/aromatic N) is 2. The largest absolute Gasteiger partial charge is 0.481 e. The van der Waals surface area contributed by atoms with Gasteiger partial charge in [0.15, 0.2) is 0 Å². The van der Waals surface area contributed by atoms with E-state index in [2.05, 4.69) is 5.43 Å². The van der Waals surface area contributed by atoms with Crippen LogP contribution in [-0.4, -0.2) is 53.2 Å². The number of carboxylic acid groups (broad SMARTS) is 1. The average molecular weight is 297 g/mol. The first kappa shape index (κ1) is 16.1. The minimum atomic E-state index is -0.788. The summed E-state index contributed by atoms with van der Waals surface area (Å²) in [6, 6.07) is -0.0808. The van der Waals surface area contributed by atoms with Crippen molar-refractivity contribution in [3.63, 3.8) is 0 Å². The number of urea groups is 1. The van der Waals surface area contributed by atoms with E-state index in [-0.39, 0.29) is 11.9 Å². The van der Waals surface area contributed by atoms with E-state index in [4.69, 9.17) is 0 Å². The quantitative estimate of drug-likeness (QED) is 0.835. The lowest BCUT2D eigenvalue weighted by Gasteiger charge is -2.40. The Labute approximate surface area is 126 Å². The van der Waals surface area contributed by atoms with Crippen molar-refractivity contribution < 1.29 is 14.7 Å². The topological polar surface area (TPSA) is 72.9 Å². The van der Waals surface area contributed by atoms with Crippen molar-refractivity contribution in [3.05, 3.63) is 0 Å². The van der Waals surface area contributed by atoms with Crippen LogP contribution in [0.2, 0.25) is 0 Å². The fourth-order valence-electron chi connectivity index (χ4n) is 3.14. The normalized spacial score (nSPS) is 24.7. The molecule has 1 atom stereocenters. The summed E-state index contributed by atoms with van der Waals surface area (Å²) in [7, 11) is 0. The molecule has 0 radical (unpaired) electrons. The zero-order valence-corrected chi connectivity index (χ0v) is 13.1.